The Morgan fingerprint density at radius 1 is 1.03 bits per heavy atom. The van der Waals surface area contributed by atoms with Crippen molar-refractivity contribution >= 4 is 11.9 Å². The van der Waals surface area contributed by atoms with Crippen LogP contribution in [0.3, 0.4) is 0 Å². The topological polar surface area (TPSA) is 91.8 Å². The number of alkyl halides is 3. The van der Waals surface area contributed by atoms with Gasteiger partial charge in [-0.2, -0.15) is 0 Å². The smallest absolute Gasteiger partial charge is 0.477 e. The van der Waals surface area contributed by atoms with Gasteiger partial charge in [0.05, 0.1) is 0 Å². The fourth-order valence-corrected chi connectivity index (χ4v) is 4.17. The molecule has 2 heterocycles. The molecule has 7 nitrogen and oxygen atoms in total. The van der Waals surface area contributed by atoms with Gasteiger partial charge in [0.25, 0.3) is 5.91 Å². The van der Waals surface area contributed by atoms with Gasteiger partial charge in [0.2, 0.25) is 0 Å². The molecule has 1 aliphatic rings. The van der Waals surface area contributed by atoms with Gasteiger partial charge in [-0.1, -0.05) is 36.4 Å². The Kier molecular flexibility index (Phi) is 7.54. The minimum atomic E-state index is -4.77. The Morgan fingerprint density at radius 2 is 1.72 bits per heavy atom. The lowest BCUT2D eigenvalue weighted by Gasteiger charge is -2.32. The lowest BCUT2D eigenvalue weighted by Crippen LogP contribution is -2.44. The van der Waals surface area contributed by atoms with E-state index in [0.717, 1.165) is 31.5 Å². The largest absolute Gasteiger partial charge is 0.573 e. The third-order valence-corrected chi connectivity index (χ3v) is 5.94. The molecule has 36 heavy (non-hydrogen) atoms. The second kappa shape index (κ2) is 10.8. The van der Waals surface area contributed by atoms with Crippen LogP contribution in [-0.4, -0.2) is 52.4 Å². The number of carboxylic acid groups (broad SMARTS) is 1. The number of pyridine rings is 1. The molecule has 3 aromatic rings. The van der Waals surface area contributed by atoms with Gasteiger partial charge in [0, 0.05) is 37.4 Å². The first-order valence-corrected chi connectivity index (χ1v) is 11.3. The first-order valence-electron chi connectivity index (χ1n) is 11.3. The monoisotopic (exact) mass is 499 g/mol. The molecule has 0 spiro atoms. The number of rotatable bonds is 7. The highest BCUT2D eigenvalue weighted by atomic mass is 19.4. The summed E-state index contributed by atoms with van der Waals surface area (Å²) in [6.07, 6.45) is -1.71. The number of carbonyl (C=O) groups excluding carboxylic acids is 1. The summed E-state index contributed by atoms with van der Waals surface area (Å²) in [6.45, 7) is 2.16. The zero-order valence-corrected chi connectivity index (χ0v) is 19.2. The van der Waals surface area contributed by atoms with Crippen LogP contribution in [0.25, 0.3) is 11.1 Å². The van der Waals surface area contributed by atoms with Crippen molar-refractivity contribution in [1.82, 2.24) is 15.2 Å². The summed E-state index contributed by atoms with van der Waals surface area (Å²) in [5.41, 5.74) is 2.58. The van der Waals surface area contributed by atoms with Crippen molar-refractivity contribution in [3.63, 3.8) is 0 Å². The molecular weight excluding hydrogens is 475 g/mol. The van der Waals surface area contributed by atoms with Crippen LogP contribution in [0.5, 0.6) is 5.75 Å². The molecule has 10 heteroatoms. The number of aromatic nitrogens is 1. The third-order valence-electron chi connectivity index (χ3n) is 5.94. The van der Waals surface area contributed by atoms with Crippen molar-refractivity contribution in [3.05, 3.63) is 83.7 Å². The van der Waals surface area contributed by atoms with Gasteiger partial charge in [-0.05, 0) is 53.8 Å². The van der Waals surface area contributed by atoms with Crippen molar-refractivity contribution in [2.24, 2.45) is 0 Å². The number of nitrogens with one attached hydrogen (secondary N) is 1. The molecule has 0 unspecified atom stereocenters. The van der Waals surface area contributed by atoms with Crippen LogP contribution < -0.4 is 10.1 Å². The maximum atomic E-state index is 13.1. The first-order chi connectivity index (χ1) is 17.2. The van der Waals surface area contributed by atoms with Crippen molar-refractivity contribution in [1.29, 1.82) is 0 Å². The Morgan fingerprint density at radius 3 is 2.33 bits per heavy atom. The van der Waals surface area contributed by atoms with Crippen LogP contribution in [-0.2, 0) is 6.54 Å². The summed E-state index contributed by atoms with van der Waals surface area (Å²) >= 11 is 0. The van der Waals surface area contributed by atoms with Crippen molar-refractivity contribution < 1.29 is 32.6 Å². The van der Waals surface area contributed by atoms with E-state index >= 15 is 0 Å². The van der Waals surface area contributed by atoms with E-state index in [0.29, 0.717) is 23.2 Å². The lowest BCUT2D eigenvalue weighted by atomic mass is 9.98. The molecule has 1 aromatic heterocycles. The van der Waals surface area contributed by atoms with Gasteiger partial charge in [-0.3, -0.25) is 9.69 Å². The predicted octanol–water partition coefficient (Wildman–Crippen LogP) is 4.74. The highest BCUT2D eigenvalue weighted by Gasteiger charge is 2.31. The highest BCUT2D eigenvalue weighted by Crippen LogP contribution is 2.28. The maximum Gasteiger partial charge on any atom is 0.573 e. The first kappa shape index (κ1) is 25.2. The highest BCUT2D eigenvalue weighted by molar-refractivity contribution is 6.01. The summed E-state index contributed by atoms with van der Waals surface area (Å²) in [4.78, 5) is 30.2. The van der Waals surface area contributed by atoms with Crippen molar-refractivity contribution in [2.75, 3.05) is 13.1 Å². The molecule has 0 radical (unpaired) electrons. The van der Waals surface area contributed by atoms with E-state index in [1.54, 1.807) is 36.5 Å². The van der Waals surface area contributed by atoms with E-state index in [1.807, 2.05) is 0 Å². The Balaban J connectivity index is 1.34. The SMILES string of the molecule is O=C(O)c1ccc(CN2CCC(NC(=O)c3ccccc3-c3ccc(OC(F)(F)F)cc3)CC2)cn1. The van der Waals surface area contributed by atoms with Crippen LogP contribution >= 0.6 is 0 Å². The average molecular weight is 499 g/mol. The molecular formula is C26H24F3N3O4. The Bertz CT molecular complexity index is 1210. The zero-order chi connectivity index (χ0) is 25.7. The predicted molar refractivity (Wildman–Crippen MR) is 126 cm³/mol. The van der Waals surface area contributed by atoms with Crippen LogP contribution in [0.15, 0.2) is 66.9 Å². The molecule has 0 saturated carbocycles. The molecule has 2 aromatic carbocycles. The van der Waals surface area contributed by atoms with Gasteiger partial charge in [-0.15, -0.1) is 13.2 Å². The number of amides is 1. The van der Waals surface area contributed by atoms with E-state index in [1.165, 1.54) is 30.3 Å². The average Bonchev–Trinajstić information content (AvgIpc) is 2.85. The van der Waals surface area contributed by atoms with E-state index in [2.05, 4.69) is 19.9 Å². The van der Waals surface area contributed by atoms with E-state index < -0.39 is 12.3 Å². The van der Waals surface area contributed by atoms with Crippen LogP contribution in [0.2, 0.25) is 0 Å². The van der Waals surface area contributed by atoms with Crippen LogP contribution in [0.4, 0.5) is 13.2 Å². The second-order valence-corrected chi connectivity index (χ2v) is 8.50. The number of ether oxygens (including phenoxy) is 1. The van der Waals surface area contributed by atoms with Gasteiger partial charge in [-0.25, -0.2) is 9.78 Å². The zero-order valence-electron chi connectivity index (χ0n) is 19.2. The summed E-state index contributed by atoms with van der Waals surface area (Å²) in [5.74, 6) is -1.63. The van der Waals surface area contributed by atoms with E-state index in [9.17, 15) is 22.8 Å². The molecule has 0 atom stereocenters. The van der Waals surface area contributed by atoms with Crippen molar-refractivity contribution in [2.45, 2.75) is 31.8 Å². The fraction of sp³-hybridized carbons (Fsp3) is 0.269. The number of benzene rings is 2. The fourth-order valence-electron chi connectivity index (χ4n) is 4.17. The van der Waals surface area contributed by atoms with Gasteiger partial charge in [0.15, 0.2) is 0 Å². The lowest BCUT2D eigenvalue weighted by molar-refractivity contribution is -0.274. The summed E-state index contributed by atoms with van der Waals surface area (Å²) in [7, 11) is 0. The number of carboxylic acids is 1. The van der Waals surface area contributed by atoms with Crippen LogP contribution in [0, 0.1) is 0 Å². The van der Waals surface area contributed by atoms with Gasteiger partial charge < -0.3 is 15.2 Å². The third kappa shape index (κ3) is 6.60. The summed E-state index contributed by atoms with van der Waals surface area (Å²) < 4.78 is 41.2. The Labute approximate surface area is 205 Å². The molecule has 0 bridgehead atoms. The van der Waals surface area contributed by atoms with Gasteiger partial charge in [0.1, 0.15) is 11.4 Å². The minimum Gasteiger partial charge on any atom is -0.477 e. The second-order valence-electron chi connectivity index (χ2n) is 8.50. The molecule has 1 amide bonds. The van der Waals surface area contributed by atoms with E-state index in [-0.39, 0.29) is 23.4 Å². The van der Waals surface area contributed by atoms with Crippen molar-refractivity contribution in [3.8, 4) is 16.9 Å². The molecule has 1 saturated heterocycles. The summed E-state index contributed by atoms with van der Waals surface area (Å²) in [5, 5.41) is 12.0. The quantitative estimate of drug-likeness (QED) is 0.488. The molecule has 1 aliphatic heterocycles. The number of carbonyl (C=O) groups is 2. The number of aromatic carboxylic acids is 1. The standard InChI is InChI=1S/C26H24F3N3O4/c27-26(28,29)36-20-8-6-18(7-9-20)21-3-1-2-4-22(21)24(33)31-19-11-13-32(14-12-19)16-17-5-10-23(25(34)35)30-15-17/h1-10,15,19H,11-14,16H2,(H,31,33)(H,34,35). The molecule has 1 fully saturated rings. The molecule has 4 rings (SSSR count). The maximum absolute atomic E-state index is 13.1. The Hall–Kier alpha value is -3.92. The molecule has 0 aliphatic carbocycles. The number of hydrogen-bond donors (Lipinski definition) is 2. The normalized spacial score (nSPS) is 14.9. The number of piperidine rings is 1. The van der Waals surface area contributed by atoms with E-state index in [4.69, 9.17) is 5.11 Å². The number of halogens is 3. The molecule has 2 N–H and O–H groups in total. The van der Waals surface area contributed by atoms with Gasteiger partial charge >= 0.3 is 12.3 Å². The number of nitrogens with zero attached hydrogens (tertiary/aromatic N) is 2. The minimum absolute atomic E-state index is 0.00559. The number of hydrogen-bond acceptors (Lipinski definition) is 5. The molecule has 188 valence electrons. The number of likely N-dealkylation sites (tertiary alicyclic amines) is 1. The summed E-state index contributed by atoms with van der Waals surface area (Å²) in [6, 6.07) is 15.6. The van der Waals surface area contributed by atoms with Crippen LogP contribution in [0.1, 0.15) is 39.3 Å².